The van der Waals surface area contributed by atoms with Crippen LogP contribution in [0.4, 0.5) is 5.82 Å². The van der Waals surface area contributed by atoms with Crippen molar-refractivity contribution in [1.29, 1.82) is 0 Å². The maximum absolute atomic E-state index is 11.1. The number of hydrogen-bond acceptors (Lipinski definition) is 6. The number of anilines is 1. The maximum Gasteiger partial charge on any atom is 0.358 e. The first-order chi connectivity index (χ1) is 8.52. The van der Waals surface area contributed by atoms with Gasteiger partial charge in [-0.2, -0.15) is 0 Å². The van der Waals surface area contributed by atoms with Crippen LogP contribution in [0.2, 0.25) is 0 Å². The van der Waals surface area contributed by atoms with Gasteiger partial charge in [0.25, 0.3) is 0 Å². The van der Waals surface area contributed by atoms with E-state index in [1.807, 2.05) is 6.92 Å². The van der Waals surface area contributed by atoms with E-state index in [1.165, 1.54) is 7.11 Å². The van der Waals surface area contributed by atoms with Gasteiger partial charge < -0.3 is 10.1 Å². The number of aromatic nitrogens is 2. The predicted octanol–water partition coefficient (Wildman–Crippen LogP) is 0.832. The number of rotatable bonds is 6. The summed E-state index contributed by atoms with van der Waals surface area (Å²) in [4.78, 5) is 11.1. The molecule has 0 aromatic carbocycles. The normalized spacial score (nSPS) is 13.7. The summed E-state index contributed by atoms with van der Waals surface area (Å²) in [5, 5.41) is 10.7. The molecule has 0 amide bonds. The molecule has 1 heterocycles. The minimum Gasteiger partial charge on any atom is -0.464 e. The summed E-state index contributed by atoms with van der Waals surface area (Å²) in [6, 6.07) is 3.36. The largest absolute Gasteiger partial charge is 0.464 e. The zero-order valence-electron chi connectivity index (χ0n) is 10.7. The number of esters is 1. The number of nitrogens with zero attached hydrogens (tertiary/aromatic N) is 2. The molecule has 0 aliphatic carbocycles. The molecule has 6 nitrogen and oxygen atoms in total. The highest BCUT2D eigenvalue weighted by Gasteiger charge is 2.09. The molecule has 1 rings (SSSR count). The van der Waals surface area contributed by atoms with Gasteiger partial charge in [-0.3, -0.25) is 4.21 Å². The van der Waals surface area contributed by atoms with Crippen molar-refractivity contribution in [1.82, 2.24) is 10.2 Å². The van der Waals surface area contributed by atoms with Gasteiger partial charge in [0.1, 0.15) is 5.82 Å². The summed E-state index contributed by atoms with van der Waals surface area (Å²) < 4.78 is 15.5. The first kappa shape index (κ1) is 14.6. The van der Waals surface area contributed by atoms with Crippen molar-refractivity contribution in [2.75, 3.05) is 24.4 Å². The molecule has 2 unspecified atom stereocenters. The summed E-state index contributed by atoms with van der Waals surface area (Å²) in [6.45, 7) is 1.97. The zero-order chi connectivity index (χ0) is 13.5. The first-order valence-corrected chi connectivity index (χ1v) is 7.24. The predicted molar refractivity (Wildman–Crippen MR) is 70.0 cm³/mol. The Bertz CT molecular complexity index is 422. The zero-order valence-corrected chi connectivity index (χ0v) is 11.5. The van der Waals surface area contributed by atoms with Gasteiger partial charge in [0.15, 0.2) is 5.69 Å². The summed E-state index contributed by atoms with van der Waals surface area (Å²) in [7, 11) is 0.502. The van der Waals surface area contributed by atoms with Crippen molar-refractivity contribution in [3.05, 3.63) is 17.8 Å². The number of nitrogens with one attached hydrogen (secondary N) is 1. The number of carbonyl (C=O) groups is 1. The van der Waals surface area contributed by atoms with Crippen LogP contribution < -0.4 is 5.32 Å². The van der Waals surface area contributed by atoms with Gasteiger partial charge in [-0.05, 0) is 25.5 Å². The summed E-state index contributed by atoms with van der Waals surface area (Å²) in [5.74, 6) is 0.711. The number of ether oxygens (including phenoxy) is 1. The standard InChI is InChI=1S/C11H17N3O3S/c1-8(6-7-18(3)16)12-10-5-4-9(13-14-10)11(15)17-2/h4-5,8H,6-7H2,1-3H3,(H,12,14). The fourth-order valence-corrected chi connectivity index (χ4v) is 1.98. The minimum atomic E-state index is -0.792. The molecular formula is C11H17N3O3S. The Morgan fingerprint density at radius 1 is 1.50 bits per heavy atom. The second-order valence-electron chi connectivity index (χ2n) is 3.91. The smallest absolute Gasteiger partial charge is 0.358 e. The fourth-order valence-electron chi connectivity index (χ4n) is 1.29. The van der Waals surface area contributed by atoms with E-state index in [4.69, 9.17) is 0 Å². The summed E-state index contributed by atoms with van der Waals surface area (Å²) >= 11 is 0. The van der Waals surface area contributed by atoms with E-state index in [9.17, 15) is 9.00 Å². The summed E-state index contributed by atoms with van der Waals surface area (Å²) in [5.41, 5.74) is 0.172. The topological polar surface area (TPSA) is 81.2 Å². The number of carbonyl (C=O) groups excluding carboxylic acids is 1. The molecule has 1 aromatic heterocycles. The molecule has 100 valence electrons. The first-order valence-electron chi connectivity index (χ1n) is 5.51. The monoisotopic (exact) mass is 271 g/mol. The molecule has 0 aliphatic heterocycles. The Labute approximate surface area is 109 Å². The molecule has 0 bridgehead atoms. The lowest BCUT2D eigenvalue weighted by molar-refractivity contribution is 0.0593. The van der Waals surface area contributed by atoms with Gasteiger partial charge in [-0.15, -0.1) is 10.2 Å². The van der Waals surface area contributed by atoms with Crippen LogP contribution in [0.25, 0.3) is 0 Å². The van der Waals surface area contributed by atoms with Gasteiger partial charge in [-0.25, -0.2) is 4.79 Å². The molecule has 1 aromatic rings. The fraction of sp³-hybridized carbons (Fsp3) is 0.545. The average Bonchev–Trinajstić information content (AvgIpc) is 2.36. The molecule has 0 radical (unpaired) electrons. The lowest BCUT2D eigenvalue weighted by Crippen LogP contribution is -2.19. The van der Waals surface area contributed by atoms with Crippen molar-refractivity contribution in [3.63, 3.8) is 0 Å². The average molecular weight is 271 g/mol. The second kappa shape index (κ2) is 7.05. The van der Waals surface area contributed by atoms with Crippen molar-refractivity contribution in [2.45, 2.75) is 19.4 Å². The van der Waals surface area contributed by atoms with E-state index in [0.717, 1.165) is 6.42 Å². The van der Waals surface area contributed by atoms with Crippen molar-refractivity contribution in [3.8, 4) is 0 Å². The number of hydrogen-bond donors (Lipinski definition) is 1. The Kier molecular flexibility index (Phi) is 5.70. The Balaban J connectivity index is 2.53. The van der Waals surface area contributed by atoms with Crippen LogP contribution in [0.1, 0.15) is 23.8 Å². The van der Waals surface area contributed by atoms with Crippen LogP contribution in [-0.4, -0.2) is 45.5 Å². The molecule has 1 N–H and O–H groups in total. The highest BCUT2D eigenvalue weighted by molar-refractivity contribution is 7.84. The molecule has 0 fully saturated rings. The van der Waals surface area contributed by atoms with Gasteiger partial charge in [0.05, 0.1) is 7.11 Å². The molecule has 2 atom stereocenters. The van der Waals surface area contributed by atoms with Crippen LogP contribution in [-0.2, 0) is 15.5 Å². The van der Waals surface area contributed by atoms with Gasteiger partial charge in [0, 0.05) is 28.9 Å². The van der Waals surface area contributed by atoms with Crippen LogP contribution in [0, 0.1) is 0 Å². The highest BCUT2D eigenvalue weighted by atomic mass is 32.2. The maximum atomic E-state index is 11.1. The number of methoxy groups -OCH3 is 1. The molecule has 0 saturated carbocycles. The van der Waals surface area contributed by atoms with E-state index >= 15 is 0 Å². The Morgan fingerprint density at radius 3 is 2.72 bits per heavy atom. The second-order valence-corrected chi connectivity index (χ2v) is 5.46. The van der Waals surface area contributed by atoms with Crippen molar-refractivity contribution >= 4 is 22.6 Å². The molecule has 18 heavy (non-hydrogen) atoms. The summed E-state index contributed by atoms with van der Waals surface area (Å²) in [6.07, 6.45) is 2.46. The van der Waals surface area contributed by atoms with Crippen LogP contribution in [0.5, 0.6) is 0 Å². The van der Waals surface area contributed by atoms with E-state index in [-0.39, 0.29) is 11.7 Å². The lowest BCUT2D eigenvalue weighted by Gasteiger charge is -2.13. The van der Waals surface area contributed by atoms with Crippen LogP contribution in [0.3, 0.4) is 0 Å². The Hall–Kier alpha value is -1.50. The highest BCUT2D eigenvalue weighted by Crippen LogP contribution is 2.06. The SMILES string of the molecule is COC(=O)c1ccc(NC(C)CCS(C)=O)nn1. The molecule has 0 saturated heterocycles. The van der Waals surface area contributed by atoms with Gasteiger partial charge >= 0.3 is 5.97 Å². The van der Waals surface area contributed by atoms with Crippen molar-refractivity contribution < 1.29 is 13.7 Å². The lowest BCUT2D eigenvalue weighted by atomic mass is 10.2. The third-order valence-corrected chi connectivity index (χ3v) is 3.10. The van der Waals surface area contributed by atoms with E-state index in [2.05, 4.69) is 20.3 Å². The van der Waals surface area contributed by atoms with E-state index in [1.54, 1.807) is 18.4 Å². The minimum absolute atomic E-state index is 0.146. The molecule has 0 spiro atoms. The van der Waals surface area contributed by atoms with Crippen molar-refractivity contribution in [2.24, 2.45) is 0 Å². The quantitative estimate of drug-likeness (QED) is 0.772. The molecular weight excluding hydrogens is 254 g/mol. The van der Waals surface area contributed by atoms with Crippen LogP contribution in [0.15, 0.2) is 12.1 Å². The van der Waals surface area contributed by atoms with Gasteiger partial charge in [-0.1, -0.05) is 0 Å². The third-order valence-electron chi connectivity index (χ3n) is 2.29. The van der Waals surface area contributed by atoms with Gasteiger partial charge in [0.2, 0.25) is 0 Å². The Morgan fingerprint density at radius 2 is 2.22 bits per heavy atom. The molecule has 7 heteroatoms. The van der Waals surface area contributed by atoms with Crippen LogP contribution >= 0.6 is 0 Å². The molecule has 0 aliphatic rings. The van der Waals surface area contributed by atoms with E-state index in [0.29, 0.717) is 11.6 Å². The van der Waals surface area contributed by atoms with E-state index < -0.39 is 16.8 Å². The third kappa shape index (κ3) is 4.79.